The van der Waals surface area contributed by atoms with Crippen molar-refractivity contribution < 1.29 is 9.53 Å². The van der Waals surface area contributed by atoms with Crippen molar-refractivity contribution in [3.63, 3.8) is 0 Å². The Morgan fingerprint density at radius 1 is 0.875 bits per heavy atom. The van der Waals surface area contributed by atoms with Crippen LogP contribution in [0.3, 0.4) is 0 Å². The van der Waals surface area contributed by atoms with E-state index in [0.717, 1.165) is 21.9 Å². The van der Waals surface area contributed by atoms with Crippen molar-refractivity contribution in [3.05, 3.63) is 27.1 Å². The van der Waals surface area contributed by atoms with Gasteiger partial charge in [-0.1, -0.05) is 106 Å². The van der Waals surface area contributed by atoms with E-state index in [0.29, 0.717) is 10.9 Å². The lowest BCUT2D eigenvalue weighted by molar-refractivity contribution is -0.121. The van der Waals surface area contributed by atoms with Gasteiger partial charge in [0.2, 0.25) is 0 Å². The van der Waals surface area contributed by atoms with E-state index in [1.54, 1.807) is 6.07 Å². The fourth-order valence-electron chi connectivity index (χ4n) is 3.46. The molecule has 0 radical (unpaired) electrons. The van der Waals surface area contributed by atoms with Crippen LogP contribution in [0.1, 0.15) is 96.8 Å². The zero-order valence-corrected chi connectivity index (χ0v) is 23.5. The summed E-state index contributed by atoms with van der Waals surface area (Å²) in [6.07, 6.45) is 18.8. The van der Waals surface area contributed by atoms with Crippen molar-refractivity contribution in [2.75, 3.05) is 13.2 Å². The van der Waals surface area contributed by atoms with Gasteiger partial charge in [0, 0.05) is 11.0 Å². The van der Waals surface area contributed by atoms with Gasteiger partial charge in [-0.05, 0) is 52.8 Å². The van der Waals surface area contributed by atoms with Crippen LogP contribution in [0.2, 0.25) is 0 Å². The average molecular weight is 592 g/mol. The largest absolute Gasteiger partial charge is 0.483 e. The van der Waals surface area contributed by atoms with Crippen molar-refractivity contribution in [1.82, 2.24) is 10.6 Å². The molecule has 2 N–H and O–H groups in total. The van der Waals surface area contributed by atoms with Gasteiger partial charge in [0.25, 0.3) is 5.91 Å². The Morgan fingerprint density at radius 2 is 1.41 bits per heavy atom. The Bertz CT molecular complexity index is 659. The fourth-order valence-corrected chi connectivity index (χ4v) is 4.84. The van der Waals surface area contributed by atoms with Crippen LogP contribution in [0.15, 0.2) is 27.1 Å². The molecule has 0 bridgehead atoms. The van der Waals surface area contributed by atoms with Crippen LogP contribution in [0.25, 0.3) is 0 Å². The van der Waals surface area contributed by atoms with Gasteiger partial charge in [0.05, 0.1) is 4.47 Å². The smallest absolute Gasteiger partial charge is 0.264 e. The zero-order chi connectivity index (χ0) is 23.4. The molecule has 32 heavy (non-hydrogen) atoms. The van der Waals surface area contributed by atoms with E-state index in [1.807, 2.05) is 12.1 Å². The molecule has 1 amide bonds. The first-order valence-corrected chi connectivity index (χ1v) is 14.2. The number of hydrogen-bond acceptors (Lipinski definition) is 3. The molecule has 0 aliphatic rings. The van der Waals surface area contributed by atoms with E-state index < -0.39 is 0 Å². The zero-order valence-electron chi connectivity index (χ0n) is 19.5. The first-order chi connectivity index (χ1) is 15.5. The number of halogens is 2. The summed E-state index contributed by atoms with van der Waals surface area (Å²) in [7, 11) is 0. The third kappa shape index (κ3) is 16.0. The molecule has 182 valence electrons. The van der Waals surface area contributed by atoms with Gasteiger partial charge in [-0.2, -0.15) is 0 Å². The number of hydrogen-bond donors (Lipinski definition) is 2. The lowest BCUT2D eigenvalue weighted by Crippen LogP contribution is -2.41. The molecule has 0 aliphatic carbocycles. The highest BCUT2D eigenvalue weighted by molar-refractivity contribution is 9.11. The molecule has 0 fully saturated rings. The van der Waals surface area contributed by atoms with Gasteiger partial charge in [-0.15, -0.1) is 0 Å². The third-order valence-electron chi connectivity index (χ3n) is 5.32. The van der Waals surface area contributed by atoms with Gasteiger partial charge >= 0.3 is 0 Å². The number of thiocarbonyl (C=S) groups is 1. The van der Waals surface area contributed by atoms with Crippen molar-refractivity contribution in [2.45, 2.75) is 96.8 Å². The van der Waals surface area contributed by atoms with Crippen LogP contribution in [-0.4, -0.2) is 24.2 Å². The molecule has 0 aromatic heterocycles. The second-order valence-electron chi connectivity index (χ2n) is 8.26. The van der Waals surface area contributed by atoms with Crippen LogP contribution < -0.4 is 15.4 Å². The standard InChI is InChI=1S/C25H40Br2N2O2S/c1-2-3-4-5-6-7-8-9-10-11-12-13-14-15-18-28-25(32)29-24(30)20-31-23-17-16-21(26)19-22(23)27/h16-17,19H,2-15,18,20H2,1H3,(H2,28,29,30,32). The summed E-state index contributed by atoms with van der Waals surface area (Å²) in [6.45, 7) is 2.98. The van der Waals surface area contributed by atoms with E-state index in [2.05, 4.69) is 49.4 Å². The molecule has 0 unspecified atom stereocenters. The SMILES string of the molecule is CCCCCCCCCCCCCCCCNC(=S)NC(=O)COc1ccc(Br)cc1Br. The van der Waals surface area contributed by atoms with Gasteiger partial charge < -0.3 is 15.4 Å². The summed E-state index contributed by atoms with van der Waals surface area (Å²) in [6, 6.07) is 5.53. The van der Waals surface area contributed by atoms with E-state index in [4.69, 9.17) is 17.0 Å². The number of ether oxygens (including phenoxy) is 1. The molecule has 7 heteroatoms. The number of rotatable bonds is 18. The minimum Gasteiger partial charge on any atom is -0.483 e. The molecule has 0 saturated carbocycles. The number of benzene rings is 1. The molecular weight excluding hydrogens is 552 g/mol. The summed E-state index contributed by atoms with van der Waals surface area (Å²) in [5, 5.41) is 6.13. The first kappa shape index (κ1) is 29.4. The van der Waals surface area contributed by atoms with E-state index in [9.17, 15) is 4.79 Å². The van der Waals surface area contributed by atoms with Gasteiger partial charge in [-0.25, -0.2) is 0 Å². The summed E-state index contributed by atoms with van der Waals surface area (Å²) < 4.78 is 7.25. The number of carbonyl (C=O) groups is 1. The van der Waals surface area contributed by atoms with Crippen LogP contribution in [0, 0.1) is 0 Å². The Kier molecular flexibility index (Phi) is 18.2. The van der Waals surface area contributed by atoms with Crippen molar-refractivity contribution in [1.29, 1.82) is 0 Å². The maximum Gasteiger partial charge on any atom is 0.264 e. The number of carbonyl (C=O) groups excluding carboxylic acids is 1. The maximum absolute atomic E-state index is 12.0. The summed E-state index contributed by atoms with van der Waals surface area (Å²) in [5.74, 6) is 0.350. The topological polar surface area (TPSA) is 50.4 Å². The van der Waals surface area contributed by atoms with Crippen molar-refractivity contribution in [3.8, 4) is 5.75 Å². The molecule has 0 aliphatic heterocycles. The minimum absolute atomic E-state index is 0.0824. The predicted octanol–water partition coefficient (Wildman–Crippen LogP) is 8.06. The van der Waals surface area contributed by atoms with Gasteiger partial charge in [0.15, 0.2) is 11.7 Å². The highest BCUT2D eigenvalue weighted by atomic mass is 79.9. The summed E-state index contributed by atoms with van der Waals surface area (Å²) in [4.78, 5) is 12.0. The van der Waals surface area contributed by atoms with Crippen LogP contribution >= 0.6 is 44.1 Å². The lowest BCUT2D eigenvalue weighted by atomic mass is 10.0. The number of nitrogens with one attached hydrogen (secondary N) is 2. The average Bonchev–Trinajstić information content (AvgIpc) is 2.75. The van der Waals surface area contributed by atoms with Gasteiger partial charge in [0.1, 0.15) is 5.75 Å². The lowest BCUT2D eigenvalue weighted by Gasteiger charge is -2.11. The molecule has 0 saturated heterocycles. The molecule has 1 rings (SSSR count). The molecule has 0 atom stereocenters. The first-order valence-electron chi connectivity index (χ1n) is 12.2. The second kappa shape index (κ2) is 19.8. The molecule has 4 nitrogen and oxygen atoms in total. The second-order valence-corrected chi connectivity index (χ2v) is 10.4. The summed E-state index contributed by atoms with van der Waals surface area (Å²) >= 11 is 12.0. The minimum atomic E-state index is -0.265. The predicted molar refractivity (Wildman–Crippen MR) is 146 cm³/mol. The van der Waals surface area contributed by atoms with Crippen LogP contribution in [0.4, 0.5) is 0 Å². The monoisotopic (exact) mass is 590 g/mol. The van der Waals surface area contributed by atoms with Crippen LogP contribution in [-0.2, 0) is 4.79 Å². The van der Waals surface area contributed by atoms with Crippen LogP contribution in [0.5, 0.6) is 5.75 Å². The molecule has 1 aromatic rings. The third-order valence-corrected chi connectivity index (χ3v) is 6.68. The summed E-state index contributed by atoms with van der Waals surface area (Å²) in [5.41, 5.74) is 0. The highest BCUT2D eigenvalue weighted by Gasteiger charge is 2.08. The van der Waals surface area contributed by atoms with Crippen molar-refractivity contribution >= 4 is 55.1 Å². The Balaban J connectivity index is 1.90. The maximum atomic E-state index is 12.0. The Morgan fingerprint density at radius 3 is 1.94 bits per heavy atom. The highest BCUT2D eigenvalue weighted by Crippen LogP contribution is 2.28. The van der Waals surface area contributed by atoms with E-state index >= 15 is 0 Å². The molecule has 0 heterocycles. The van der Waals surface area contributed by atoms with E-state index in [-0.39, 0.29) is 12.5 Å². The van der Waals surface area contributed by atoms with E-state index in [1.165, 1.54) is 83.5 Å². The molecule has 1 aromatic carbocycles. The molecular formula is C25H40Br2N2O2S. The number of unbranched alkanes of at least 4 members (excludes halogenated alkanes) is 13. The molecule has 0 spiro atoms. The quantitative estimate of drug-likeness (QED) is 0.134. The number of amides is 1. The Labute approximate surface area is 217 Å². The van der Waals surface area contributed by atoms with Crippen molar-refractivity contribution in [2.24, 2.45) is 0 Å². The normalized spacial score (nSPS) is 10.7. The fraction of sp³-hybridized carbons (Fsp3) is 0.680. The Hall–Kier alpha value is -0.660. The van der Waals surface area contributed by atoms with Gasteiger partial charge in [-0.3, -0.25) is 4.79 Å².